The molecule has 0 fully saturated rings. The van der Waals surface area contributed by atoms with Crippen LogP contribution in [0.4, 0.5) is 26.3 Å². The molecule has 0 unspecified atom stereocenters. The van der Waals surface area contributed by atoms with Crippen molar-refractivity contribution in [1.82, 2.24) is 0 Å². The lowest BCUT2D eigenvalue weighted by Gasteiger charge is -2.38. The average Bonchev–Trinajstić information content (AvgIpc) is 2.54. The van der Waals surface area contributed by atoms with Crippen LogP contribution in [0.5, 0.6) is 11.5 Å². The number of phenolic OH excluding ortho intramolecular Hbond substituents is 2. The molecular weight excluding hydrogens is 326 g/mol. The molecule has 23 heavy (non-hydrogen) atoms. The van der Waals surface area contributed by atoms with E-state index in [4.69, 9.17) is 2.86 Å². The first kappa shape index (κ1) is 14.2. The van der Waals surface area contributed by atoms with Crippen LogP contribution in [-0.4, -0.2) is 25.4 Å². The molecule has 0 radical (unpaired) electrons. The molecule has 2 aromatic rings. The number of phenols is 2. The Balaban J connectivity index is 2.80. The zero-order chi connectivity index (χ0) is 18.9. The molecular formula is C15H10F6O2. The van der Waals surface area contributed by atoms with Crippen molar-refractivity contribution in [3.63, 3.8) is 0 Å². The van der Waals surface area contributed by atoms with Crippen LogP contribution in [0.2, 0.25) is 0 Å². The van der Waals surface area contributed by atoms with Crippen molar-refractivity contribution in [2.45, 2.75) is 17.8 Å². The molecule has 0 aliphatic carbocycles. The summed E-state index contributed by atoms with van der Waals surface area (Å²) < 4.78 is 95.8. The molecule has 2 N–H and O–H groups in total. The fourth-order valence-corrected chi connectivity index (χ4v) is 2.39. The molecule has 0 aliphatic heterocycles. The number of halogens is 6. The normalized spacial score (nSPS) is 14.0. The predicted molar refractivity (Wildman–Crippen MR) is 69.1 cm³/mol. The van der Waals surface area contributed by atoms with E-state index in [2.05, 4.69) is 10.2 Å². The van der Waals surface area contributed by atoms with Crippen molar-refractivity contribution in [1.29, 1.82) is 2.86 Å². The maximum absolute atomic E-state index is 13.8. The SMILES string of the molecule is [2H]Oc1ccc(C(c2ccc(O[2H])cc2)(C(F)(F)F)C(F)(F)F)cc1. The summed E-state index contributed by atoms with van der Waals surface area (Å²) in [5.41, 5.74) is -6.44. The van der Waals surface area contributed by atoms with Crippen LogP contribution in [-0.2, 0) is 5.41 Å². The van der Waals surface area contributed by atoms with E-state index < -0.39 is 28.9 Å². The van der Waals surface area contributed by atoms with Gasteiger partial charge in [-0.05, 0) is 35.4 Å². The molecule has 0 bridgehead atoms. The Labute approximate surface area is 129 Å². The second-order valence-corrected chi connectivity index (χ2v) is 4.79. The predicted octanol–water partition coefficient (Wildman–Crippen LogP) is 4.51. The van der Waals surface area contributed by atoms with Crippen molar-refractivity contribution in [2.75, 3.05) is 0 Å². The van der Waals surface area contributed by atoms with Crippen molar-refractivity contribution in [3.8, 4) is 11.5 Å². The van der Waals surface area contributed by atoms with Gasteiger partial charge >= 0.3 is 12.4 Å². The lowest BCUT2D eigenvalue weighted by molar-refractivity contribution is -0.288. The Morgan fingerprint density at radius 3 is 1.13 bits per heavy atom. The number of hydrogen-bond acceptors (Lipinski definition) is 2. The maximum atomic E-state index is 13.8. The van der Waals surface area contributed by atoms with Gasteiger partial charge in [0.2, 0.25) is 5.41 Å². The Hall–Kier alpha value is -2.38. The summed E-state index contributed by atoms with van der Waals surface area (Å²) in [7, 11) is 0. The fraction of sp³-hybridized carbons (Fsp3) is 0.200. The van der Waals surface area contributed by atoms with Gasteiger partial charge in [0.1, 0.15) is 11.5 Å². The molecule has 0 aliphatic rings. The highest BCUT2D eigenvalue weighted by molar-refractivity contribution is 5.46. The molecule has 0 aromatic heterocycles. The number of alkyl halides is 6. The third kappa shape index (κ3) is 2.69. The van der Waals surface area contributed by atoms with E-state index in [1.54, 1.807) is 0 Å². The van der Waals surface area contributed by atoms with Crippen LogP contribution in [0, 0.1) is 0 Å². The Morgan fingerprint density at radius 1 is 0.609 bits per heavy atom. The number of rotatable bonds is 4. The highest BCUT2D eigenvalue weighted by Crippen LogP contribution is 2.56. The topological polar surface area (TPSA) is 40.5 Å². The highest BCUT2D eigenvalue weighted by atomic mass is 19.4. The van der Waals surface area contributed by atoms with Crippen molar-refractivity contribution in [3.05, 3.63) is 59.7 Å². The Kier molecular flexibility index (Phi) is 3.32. The van der Waals surface area contributed by atoms with E-state index in [1.165, 1.54) is 0 Å². The number of aromatic hydroxyl groups is 2. The number of benzene rings is 2. The third-order valence-corrected chi connectivity index (χ3v) is 3.43. The fourth-order valence-electron chi connectivity index (χ4n) is 2.39. The maximum Gasteiger partial charge on any atom is 0.411 e. The summed E-state index contributed by atoms with van der Waals surface area (Å²) in [6.07, 6.45) is -11.4. The van der Waals surface area contributed by atoms with Crippen LogP contribution in [0.1, 0.15) is 11.1 Å². The van der Waals surface area contributed by atoms with Gasteiger partial charge in [0.05, 0.1) is 0 Å². The first-order chi connectivity index (χ1) is 11.6. The van der Waals surface area contributed by atoms with Gasteiger partial charge in [-0.1, -0.05) is 24.3 Å². The minimum Gasteiger partial charge on any atom is -0.508 e. The molecule has 0 saturated heterocycles. The van der Waals surface area contributed by atoms with E-state index in [9.17, 15) is 26.3 Å². The average molecular weight is 338 g/mol. The van der Waals surface area contributed by atoms with Gasteiger partial charge in [0, 0.05) is 0 Å². The molecule has 0 saturated carbocycles. The van der Waals surface area contributed by atoms with E-state index in [1.807, 2.05) is 0 Å². The van der Waals surface area contributed by atoms with Crippen LogP contribution in [0.15, 0.2) is 48.5 Å². The first-order valence-corrected chi connectivity index (χ1v) is 6.18. The molecule has 0 heterocycles. The van der Waals surface area contributed by atoms with Crippen LogP contribution < -0.4 is 0 Å². The molecule has 2 nitrogen and oxygen atoms in total. The zero-order valence-corrected chi connectivity index (χ0v) is 11.2. The van der Waals surface area contributed by atoms with Crippen molar-refractivity contribution >= 4 is 0 Å². The molecule has 8 heteroatoms. The zero-order valence-electron chi connectivity index (χ0n) is 13.2. The number of hydrogen-bond donors (Lipinski definition) is 2. The van der Waals surface area contributed by atoms with Gasteiger partial charge in [-0.2, -0.15) is 26.3 Å². The summed E-state index contributed by atoms with van der Waals surface area (Å²) in [4.78, 5) is 0. The minimum absolute atomic E-state index is 0.208. The molecule has 0 spiro atoms. The Bertz CT molecular complexity index is 647. The smallest absolute Gasteiger partial charge is 0.411 e. The molecule has 2 rings (SSSR count). The lowest BCUT2D eigenvalue weighted by atomic mass is 9.73. The van der Waals surface area contributed by atoms with E-state index in [-0.39, 0.29) is 11.5 Å². The van der Waals surface area contributed by atoms with Gasteiger partial charge in [-0.25, -0.2) is 0 Å². The third-order valence-electron chi connectivity index (χ3n) is 3.43. The standard InChI is InChI=1S/C15H10F6O2/c16-14(17,18)13(15(19,20)21,9-1-5-11(22)6-2-9)10-3-7-12(23)8-4-10/h1-8,22-23H/i/hD2. The second kappa shape index (κ2) is 5.36. The van der Waals surface area contributed by atoms with Gasteiger partial charge in [0.15, 0.2) is 0 Å². The monoisotopic (exact) mass is 338 g/mol. The van der Waals surface area contributed by atoms with E-state index >= 15 is 0 Å². The van der Waals surface area contributed by atoms with Gasteiger partial charge in [-0.3, -0.25) is 0 Å². The summed E-state index contributed by atoms with van der Waals surface area (Å²) in [5.74, 6) is -0.417. The van der Waals surface area contributed by atoms with Gasteiger partial charge in [0.25, 0.3) is 2.86 Å². The summed E-state index contributed by atoms with van der Waals surface area (Å²) in [5, 5.41) is 8.08. The lowest BCUT2D eigenvalue weighted by Crippen LogP contribution is -2.54. The van der Waals surface area contributed by atoms with Gasteiger partial charge < -0.3 is 10.2 Å². The second-order valence-electron chi connectivity index (χ2n) is 4.79. The minimum atomic E-state index is -5.71. The van der Waals surface area contributed by atoms with Crippen LogP contribution in [0.3, 0.4) is 0 Å². The Morgan fingerprint density at radius 2 is 0.913 bits per heavy atom. The molecule has 2 aromatic carbocycles. The summed E-state index contributed by atoms with van der Waals surface area (Å²) in [6.45, 7) is 0. The van der Waals surface area contributed by atoms with E-state index in [0.717, 1.165) is 24.3 Å². The molecule has 0 amide bonds. The largest absolute Gasteiger partial charge is 0.508 e. The van der Waals surface area contributed by atoms with Gasteiger partial charge in [-0.15, -0.1) is 0 Å². The van der Waals surface area contributed by atoms with E-state index in [0.29, 0.717) is 24.3 Å². The highest BCUT2D eigenvalue weighted by Gasteiger charge is 2.72. The van der Waals surface area contributed by atoms with Crippen molar-refractivity contribution < 1.29 is 36.6 Å². The molecule has 124 valence electrons. The first-order valence-electron chi connectivity index (χ1n) is 7.00. The molecule has 0 atom stereocenters. The van der Waals surface area contributed by atoms with Crippen molar-refractivity contribution in [2.24, 2.45) is 0 Å². The van der Waals surface area contributed by atoms with Crippen LogP contribution >= 0.6 is 0 Å². The van der Waals surface area contributed by atoms with Crippen LogP contribution in [0.25, 0.3) is 0 Å². The summed E-state index contributed by atoms with van der Waals surface area (Å²) in [6, 6.07) is 5.82. The quantitative estimate of drug-likeness (QED) is 0.806. The summed E-state index contributed by atoms with van der Waals surface area (Å²) >= 11 is 0.